The zero-order chi connectivity index (χ0) is 12.3. The van der Waals surface area contributed by atoms with Crippen molar-refractivity contribution in [2.24, 2.45) is 11.7 Å². The Kier molecular flexibility index (Phi) is 14.7. The van der Waals surface area contributed by atoms with Crippen molar-refractivity contribution in [1.82, 2.24) is 0 Å². The van der Waals surface area contributed by atoms with Gasteiger partial charge in [0, 0.05) is 11.1 Å². The molecule has 0 unspecified atom stereocenters. The fraction of sp³-hybridized carbons (Fsp3) is 0.250. The molecule has 0 aliphatic rings. The molecule has 0 aromatic rings. The van der Waals surface area contributed by atoms with Crippen LogP contribution in [0.2, 0.25) is 0 Å². The van der Waals surface area contributed by atoms with Crippen LogP contribution in [0.15, 0.2) is 24.3 Å². The lowest BCUT2D eigenvalue weighted by atomic mass is 10.4. The second-order valence-corrected chi connectivity index (χ2v) is 2.17. The second-order valence-electron chi connectivity index (χ2n) is 2.17. The molecule has 0 aliphatic heterocycles. The Hall–Kier alpha value is -1.66. The molecule has 0 spiro atoms. The van der Waals surface area contributed by atoms with E-state index in [1.807, 2.05) is 0 Å². The molecule has 0 radical (unpaired) electrons. The predicted octanol–water partition coefficient (Wildman–Crippen LogP) is 0.113. The maximum Gasteiger partial charge on any atom is 0.330 e. The maximum absolute atomic E-state index is 9.60. The Balaban J connectivity index is -0.000000147. The number of carboxylic acids is 2. The fourth-order valence-electron chi connectivity index (χ4n) is 0. The van der Waals surface area contributed by atoms with Gasteiger partial charge in [0.2, 0.25) is 0 Å². The summed E-state index contributed by atoms with van der Waals surface area (Å²) in [5.41, 5.74) is 0.352. The summed E-state index contributed by atoms with van der Waals surface area (Å²) in [6.07, 6.45) is 0. The summed E-state index contributed by atoms with van der Waals surface area (Å²) in [6, 6.07) is 0. The number of carbonyl (C=O) groups is 2. The average Bonchev–Trinajstić information content (AvgIpc) is 2.08. The third-order valence-corrected chi connectivity index (χ3v) is 0.730. The molecule has 0 rings (SSSR count). The van der Waals surface area contributed by atoms with E-state index in [2.05, 4.69) is 24.8 Å². The smallest absolute Gasteiger partial charge is 0.330 e. The summed E-state index contributed by atoms with van der Waals surface area (Å²) in [7, 11) is 0. The van der Waals surface area contributed by atoms with Crippen LogP contribution < -0.4 is 11.7 Å². The molecule has 0 saturated carbocycles. The highest BCUT2D eigenvalue weighted by molar-refractivity contribution is 5.85. The molecule has 6 N–H and O–H groups in total. The first-order chi connectivity index (χ1) is 6.29. The third-order valence-electron chi connectivity index (χ3n) is 0.730. The van der Waals surface area contributed by atoms with E-state index in [4.69, 9.17) is 10.2 Å². The van der Waals surface area contributed by atoms with Gasteiger partial charge >= 0.3 is 11.9 Å². The van der Waals surface area contributed by atoms with Gasteiger partial charge in [-0.1, -0.05) is 13.2 Å². The average molecular weight is 204 g/mol. The van der Waals surface area contributed by atoms with E-state index in [0.717, 1.165) is 0 Å². The van der Waals surface area contributed by atoms with Crippen LogP contribution in [0.1, 0.15) is 13.8 Å². The van der Waals surface area contributed by atoms with Crippen molar-refractivity contribution < 1.29 is 19.8 Å². The minimum atomic E-state index is -0.935. The quantitative estimate of drug-likeness (QED) is 0.287. The molecule has 0 bridgehead atoms. The number of aliphatic carboxylic acids is 2. The Bertz CT molecular complexity index is 175. The maximum atomic E-state index is 9.60. The molecular weight excluding hydrogens is 188 g/mol. The number of rotatable bonds is 2. The molecule has 0 aromatic heterocycles. The highest BCUT2D eigenvalue weighted by Crippen LogP contribution is 1.81. The lowest BCUT2D eigenvalue weighted by molar-refractivity contribution is -0.133. The van der Waals surface area contributed by atoms with Crippen molar-refractivity contribution in [2.45, 2.75) is 13.8 Å². The van der Waals surface area contributed by atoms with Gasteiger partial charge in [-0.3, -0.25) is 11.7 Å². The molecular formula is C8H16N2O4. The summed E-state index contributed by atoms with van der Waals surface area (Å²) in [6.45, 7) is 9.20. The Morgan fingerprint density at radius 2 is 1.00 bits per heavy atom. The Morgan fingerprint density at radius 3 is 1.00 bits per heavy atom. The number of hydrazine groups is 1. The molecule has 0 heterocycles. The van der Waals surface area contributed by atoms with Crippen molar-refractivity contribution in [2.75, 3.05) is 0 Å². The van der Waals surface area contributed by atoms with Gasteiger partial charge in [-0.15, -0.1) is 0 Å². The first-order valence-corrected chi connectivity index (χ1v) is 3.40. The van der Waals surface area contributed by atoms with Crippen LogP contribution in [-0.4, -0.2) is 22.2 Å². The fourth-order valence-corrected chi connectivity index (χ4v) is 0. The van der Waals surface area contributed by atoms with Crippen LogP contribution in [0.25, 0.3) is 0 Å². The molecule has 0 amide bonds. The van der Waals surface area contributed by atoms with Crippen LogP contribution in [0.4, 0.5) is 0 Å². The number of hydrogen-bond acceptors (Lipinski definition) is 4. The van der Waals surface area contributed by atoms with Gasteiger partial charge in [0.25, 0.3) is 0 Å². The van der Waals surface area contributed by atoms with E-state index in [9.17, 15) is 9.59 Å². The number of nitrogens with two attached hydrogens (primary N) is 2. The largest absolute Gasteiger partial charge is 0.478 e. The molecule has 14 heavy (non-hydrogen) atoms. The monoisotopic (exact) mass is 204 g/mol. The van der Waals surface area contributed by atoms with Crippen LogP contribution in [0.5, 0.6) is 0 Å². The van der Waals surface area contributed by atoms with E-state index < -0.39 is 11.9 Å². The molecule has 6 heteroatoms. The van der Waals surface area contributed by atoms with Gasteiger partial charge in [0.1, 0.15) is 0 Å². The SMILES string of the molecule is C=C(C)C(=O)O.C=C(C)C(=O)O.NN. The Morgan fingerprint density at radius 1 is 0.929 bits per heavy atom. The normalized spacial score (nSPS) is 6.86. The van der Waals surface area contributed by atoms with Crippen LogP contribution in [-0.2, 0) is 9.59 Å². The topological polar surface area (TPSA) is 127 Å². The van der Waals surface area contributed by atoms with Gasteiger partial charge in [0.05, 0.1) is 0 Å². The molecule has 82 valence electrons. The molecule has 0 saturated heterocycles. The van der Waals surface area contributed by atoms with Gasteiger partial charge in [-0.25, -0.2) is 9.59 Å². The molecule has 0 aliphatic carbocycles. The van der Waals surface area contributed by atoms with Crippen molar-refractivity contribution >= 4 is 11.9 Å². The van der Waals surface area contributed by atoms with Crippen LogP contribution in [0.3, 0.4) is 0 Å². The van der Waals surface area contributed by atoms with Gasteiger partial charge < -0.3 is 10.2 Å². The van der Waals surface area contributed by atoms with Crippen molar-refractivity contribution in [3.05, 3.63) is 24.3 Å². The third kappa shape index (κ3) is 22.4. The van der Waals surface area contributed by atoms with Gasteiger partial charge in [-0.05, 0) is 13.8 Å². The highest BCUT2D eigenvalue weighted by atomic mass is 16.4. The van der Waals surface area contributed by atoms with Crippen molar-refractivity contribution in [1.29, 1.82) is 0 Å². The lowest BCUT2D eigenvalue weighted by Crippen LogP contribution is -2.02. The number of hydrogen-bond donors (Lipinski definition) is 4. The zero-order valence-corrected chi connectivity index (χ0v) is 8.28. The predicted molar refractivity (Wildman–Crippen MR) is 53.3 cm³/mol. The standard InChI is InChI=1S/2C4H6O2.H4N2/c2*1-3(2)4(5)6;1-2/h2*1H2,2H3,(H,5,6);1-2H2. The van der Waals surface area contributed by atoms with Gasteiger partial charge in [-0.2, -0.15) is 0 Å². The first-order valence-electron chi connectivity index (χ1n) is 3.40. The summed E-state index contributed by atoms with van der Waals surface area (Å²) in [4.78, 5) is 19.2. The lowest BCUT2D eigenvalue weighted by Gasteiger charge is -1.79. The van der Waals surface area contributed by atoms with Crippen LogP contribution in [0, 0.1) is 0 Å². The van der Waals surface area contributed by atoms with E-state index in [1.165, 1.54) is 13.8 Å². The molecule has 0 atom stereocenters. The summed E-state index contributed by atoms with van der Waals surface area (Å²) in [5, 5.41) is 15.8. The van der Waals surface area contributed by atoms with E-state index in [0.29, 0.717) is 0 Å². The molecule has 0 aromatic carbocycles. The summed E-state index contributed by atoms with van der Waals surface area (Å²) < 4.78 is 0. The van der Waals surface area contributed by atoms with Gasteiger partial charge in [0.15, 0.2) is 0 Å². The second kappa shape index (κ2) is 11.3. The minimum absolute atomic E-state index is 0.176. The van der Waals surface area contributed by atoms with Crippen molar-refractivity contribution in [3.8, 4) is 0 Å². The molecule has 6 nitrogen and oxygen atoms in total. The Labute approximate surface area is 82.5 Å². The van der Waals surface area contributed by atoms with E-state index in [-0.39, 0.29) is 11.1 Å². The van der Waals surface area contributed by atoms with Crippen LogP contribution >= 0.6 is 0 Å². The van der Waals surface area contributed by atoms with E-state index >= 15 is 0 Å². The minimum Gasteiger partial charge on any atom is -0.478 e. The van der Waals surface area contributed by atoms with E-state index in [1.54, 1.807) is 0 Å². The number of carboxylic acid groups (broad SMARTS) is 2. The highest BCUT2D eigenvalue weighted by Gasteiger charge is 1.90. The summed E-state index contributed by atoms with van der Waals surface area (Å²) in [5.74, 6) is 6.13. The summed E-state index contributed by atoms with van der Waals surface area (Å²) >= 11 is 0. The zero-order valence-electron chi connectivity index (χ0n) is 8.28. The molecule has 0 fully saturated rings. The first kappa shape index (κ1) is 18.2. The van der Waals surface area contributed by atoms with Crippen molar-refractivity contribution in [3.63, 3.8) is 0 Å².